The summed E-state index contributed by atoms with van der Waals surface area (Å²) < 4.78 is 18.7. The van der Waals surface area contributed by atoms with Crippen LogP contribution in [0.1, 0.15) is 28.9 Å². The van der Waals surface area contributed by atoms with Crippen molar-refractivity contribution in [1.82, 2.24) is 9.88 Å². The number of carbonyl (C=O) groups is 2. The number of esters is 1. The minimum absolute atomic E-state index is 0. The average molecular weight is 408 g/mol. The molecule has 0 aliphatic carbocycles. The molecule has 0 spiro atoms. The maximum Gasteiger partial charge on any atom is 0.341 e. The fourth-order valence-corrected chi connectivity index (χ4v) is 3.26. The van der Waals surface area contributed by atoms with Crippen LogP contribution in [0.25, 0.3) is 0 Å². The van der Waals surface area contributed by atoms with Crippen LogP contribution >= 0.6 is 12.4 Å². The number of hydrogen-bond acceptors (Lipinski definition) is 5. The van der Waals surface area contributed by atoms with Gasteiger partial charge in [-0.2, -0.15) is 0 Å². The second kappa shape index (κ2) is 10.0. The van der Waals surface area contributed by atoms with Crippen LogP contribution in [-0.4, -0.2) is 48.1 Å². The third-order valence-corrected chi connectivity index (χ3v) is 4.81. The van der Waals surface area contributed by atoms with Crippen LogP contribution in [0.3, 0.4) is 0 Å². The predicted molar refractivity (Wildman–Crippen MR) is 106 cm³/mol. The van der Waals surface area contributed by atoms with E-state index in [2.05, 4.69) is 9.88 Å². The number of amides is 1. The van der Waals surface area contributed by atoms with Gasteiger partial charge >= 0.3 is 5.97 Å². The van der Waals surface area contributed by atoms with E-state index in [0.717, 1.165) is 18.5 Å². The van der Waals surface area contributed by atoms with Gasteiger partial charge in [-0.25, -0.2) is 9.18 Å². The Bertz CT molecular complexity index is 813. The summed E-state index contributed by atoms with van der Waals surface area (Å²) in [5.41, 5.74) is 1.82. The number of aryl methyl sites for hydroxylation is 1. The van der Waals surface area contributed by atoms with Gasteiger partial charge in [0.15, 0.2) is 6.73 Å². The smallest absolute Gasteiger partial charge is 0.341 e. The Morgan fingerprint density at radius 3 is 2.71 bits per heavy atom. The Morgan fingerprint density at radius 1 is 1.32 bits per heavy atom. The number of anilines is 1. The number of ether oxygens (including phenoxy) is 1. The van der Waals surface area contributed by atoms with E-state index in [9.17, 15) is 14.0 Å². The Labute approximate surface area is 169 Å². The lowest BCUT2D eigenvalue weighted by Crippen LogP contribution is -2.45. The summed E-state index contributed by atoms with van der Waals surface area (Å²) in [6.07, 6.45) is 3.76. The molecule has 1 aliphatic rings. The molecule has 0 radical (unpaired) electrons. The first-order valence-electron chi connectivity index (χ1n) is 8.89. The summed E-state index contributed by atoms with van der Waals surface area (Å²) in [5, 5.41) is 0. The minimum atomic E-state index is -0.496. The lowest BCUT2D eigenvalue weighted by atomic mass is 10.0. The SMILES string of the molecule is Cc1ncccc1C(=O)OCN(C=O)C1CCN(c2cccc(F)c2)CC1.Cl. The fourth-order valence-electron chi connectivity index (χ4n) is 3.26. The molecule has 0 bridgehead atoms. The molecular weight excluding hydrogens is 385 g/mol. The molecule has 1 amide bonds. The topological polar surface area (TPSA) is 62.7 Å². The number of nitrogens with zero attached hydrogens (tertiary/aromatic N) is 3. The van der Waals surface area contributed by atoms with Gasteiger partial charge in [0.05, 0.1) is 11.3 Å². The molecule has 2 aromatic rings. The molecule has 2 heterocycles. The molecular formula is C20H23ClFN3O3. The number of pyridine rings is 1. The number of aromatic nitrogens is 1. The molecule has 1 saturated heterocycles. The summed E-state index contributed by atoms with van der Waals surface area (Å²) in [7, 11) is 0. The molecule has 0 unspecified atom stereocenters. The van der Waals surface area contributed by atoms with Gasteiger partial charge in [0.1, 0.15) is 5.82 Å². The van der Waals surface area contributed by atoms with Crippen molar-refractivity contribution >= 4 is 30.5 Å². The Kier molecular flexibility index (Phi) is 7.75. The van der Waals surface area contributed by atoms with Gasteiger partial charge in [-0.3, -0.25) is 9.78 Å². The highest BCUT2D eigenvalue weighted by Gasteiger charge is 2.25. The van der Waals surface area contributed by atoms with Crippen molar-refractivity contribution in [3.05, 3.63) is 59.7 Å². The van der Waals surface area contributed by atoms with Crippen LogP contribution in [0.4, 0.5) is 10.1 Å². The van der Waals surface area contributed by atoms with E-state index in [1.807, 2.05) is 6.07 Å². The highest BCUT2D eigenvalue weighted by molar-refractivity contribution is 5.90. The molecule has 0 atom stereocenters. The maximum atomic E-state index is 13.4. The van der Waals surface area contributed by atoms with Crippen molar-refractivity contribution in [2.75, 3.05) is 24.7 Å². The predicted octanol–water partition coefficient (Wildman–Crippen LogP) is 3.19. The van der Waals surface area contributed by atoms with E-state index in [-0.39, 0.29) is 31.0 Å². The highest BCUT2D eigenvalue weighted by Crippen LogP contribution is 2.23. The maximum absolute atomic E-state index is 13.4. The first-order chi connectivity index (χ1) is 13.1. The standard InChI is InChI=1S/C20H22FN3O3.ClH/c1-15-19(6-3-9-22-15)20(26)27-14-24(13-25)17-7-10-23(11-8-17)18-5-2-4-16(21)12-18;/h2-6,9,12-13,17H,7-8,10-11,14H2,1H3;1H. The summed E-state index contributed by atoms with van der Waals surface area (Å²) in [6, 6.07) is 9.79. The number of benzene rings is 1. The van der Waals surface area contributed by atoms with E-state index < -0.39 is 5.97 Å². The Morgan fingerprint density at radius 2 is 2.07 bits per heavy atom. The quantitative estimate of drug-likeness (QED) is 0.418. The van der Waals surface area contributed by atoms with Gasteiger partial charge in [-0.15, -0.1) is 12.4 Å². The van der Waals surface area contributed by atoms with Gasteiger partial charge < -0.3 is 14.5 Å². The van der Waals surface area contributed by atoms with Crippen LogP contribution in [0.2, 0.25) is 0 Å². The molecule has 1 aliphatic heterocycles. The molecule has 28 heavy (non-hydrogen) atoms. The van der Waals surface area contributed by atoms with Crippen LogP contribution in [0.15, 0.2) is 42.6 Å². The zero-order valence-electron chi connectivity index (χ0n) is 15.6. The van der Waals surface area contributed by atoms with E-state index in [0.29, 0.717) is 30.8 Å². The van der Waals surface area contributed by atoms with Crippen molar-refractivity contribution in [3.63, 3.8) is 0 Å². The Hall–Kier alpha value is -2.67. The number of piperidine rings is 1. The van der Waals surface area contributed by atoms with Crippen molar-refractivity contribution < 1.29 is 18.7 Å². The normalized spacial score (nSPS) is 14.1. The number of carbonyl (C=O) groups excluding carboxylic acids is 2. The summed E-state index contributed by atoms with van der Waals surface area (Å²) >= 11 is 0. The number of halogens is 2. The lowest BCUT2D eigenvalue weighted by Gasteiger charge is -2.37. The average Bonchev–Trinajstić information content (AvgIpc) is 2.69. The number of rotatable bonds is 6. The third kappa shape index (κ3) is 5.19. The second-order valence-corrected chi connectivity index (χ2v) is 6.51. The van der Waals surface area contributed by atoms with Gasteiger partial charge in [0.2, 0.25) is 6.41 Å². The van der Waals surface area contributed by atoms with E-state index in [4.69, 9.17) is 4.74 Å². The molecule has 0 saturated carbocycles. The van der Waals surface area contributed by atoms with Crippen molar-refractivity contribution in [3.8, 4) is 0 Å². The van der Waals surface area contributed by atoms with Gasteiger partial charge in [0, 0.05) is 31.0 Å². The first kappa shape index (κ1) is 21.6. The minimum Gasteiger partial charge on any atom is -0.441 e. The number of hydrogen-bond donors (Lipinski definition) is 0. The molecule has 1 aromatic heterocycles. The molecule has 1 aromatic carbocycles. The van der Waals surface area contributed by atoms with Crippen LogP contribution in [0.5, 0.6) is 0 Å². The zero-order chi connectivity index (χ0) is 19.2. The Balaban J connectivity index is 0.00000280. The second-order valence-electron chi connectivity index (χ2n) is 6.51. The van der Waals surface area contributed by atoms with Gasteiger partial charge in [-0.1, -0.05) is 6.07 Å². The van der Waals surface area contributed by atoms with Gasteiger partial charge in [0.25, 0.3) is 0 Å². The summed E-state index contributed by atoms with van der Waals surface area (Å²) in [4.78, 5) is 31.3. The molecule has 6 nitrogen and oxygen atoms in total. The fraction of sp³-hybridized carbons (Fsp3) is 0.350. The van der Waals surface area contributed by atoms with E-state index in [1.54, 1.807) is 31.3 Å². The first-order valence-corrected chi connectivity index (χ1v) is 8.89. The molecule has 1 fully saturated rings. The van der Waals surface area contributed by atoms with Crippen LogP contribution in [0, 0.1) is 12.7 Å². The monoisotopic (exact) mass is 407 g/mol. The van der Waals surface area contributed by atoms with Crippen molar-refractivity contribution in [2.24, 2.45) is 0 Å². The van der Waals surface area contributed by atoms with E-state index in [1.165, 1.54) is 17.0 Å². The van der Waals surface area contributed by atoms with Crippen LogP contribution < -0.4 is 4.90 Å². The highest BCUT2D eigenvalue weighted by atomic mass is 35.5. The zero-order valence-corrected chi connectivity index (χ0v) is 16.4. The van der Waals surface area contributed by atoms with Crippen molar-refractivity contribution in [2.45, 2.75) is 25.8 Å². The van der Waals surface area contributed by atoms with Crippen molar-refractivity contribution in [1.29, 1.82) is 0 Å². The molecule has 150 valence electrons. The molecule has 0 N–H and O–H groups in total. The van der Waals surface area contributed by atoms with Gasteiger partial charge in [-0.05, 0) is 50.1 Å². The lowest BCUT2D eigenvalue weighted by molar-refractivity contribution is -0.124. The summed E-state index contributed by atoms with van der Waals surface area (Å²) in [5.74, 6) is -0.758. The summed E-state index contributed by atoms with van der Waals surface area (Å²) in [6.45, 7) is 3.04. The van der Waals surface area contributed by atoms with E-state index >= 15 is 0 Å². The molecule has 3 rings (SSSR count). The largest absolute Gasteiger partial charge is 0.441 e. The third-order valence-electron chi connectivity index (χ3n) is 4.81. The van der Waals surface area contributed by atoms with Crippen LogP contribution in [-0.2, 0) is 9.53 Å². The molecule has 8 heteroatoms.